The van der Waals surface area contributed by atoms with E-state index in [2.05, 4.69) is 10.6 Å². The minimum absolute atomic E-state index is 0.116. The molecule has 0 heterocycles. The molecule has 0 bridgehead atoms. The summed E-state index contributed by atoms with van der Waals surface area (Å²) in [5.74, 6) is 0. The third-order valence-electron chi connectivity index (χ3n) is 12.6. The number of rotatable bonds is 34. The van der Waals surface area contributed by atoms with Crippen molar-refractivity contribution in [2.75, 3.05) is 146 Å². The number of hydrogen-bond acceptors (Lipinski definition) is 10. The van der Waals surface area contributed by atoms with Crippen molar-refractivity contribution in [3.63, 3.8) is 0 Å². The molecule has 5 aromatic rings. The molecule has 18 heteroatoms. The summed E-state index contributed by atoms with van der Waals surface area (Å²) >= 11 is 0. The molecule has 0 aliphatic carbocycles. The van der Waals surface area contributed by atoms with Crippen molar-refractivity contribution in [2.24, 2.45) is 0 Å². The minimum Gasteiger partial charge on any atom is -0.382 e. The van der Waals surface area contributed by atoms with Crippen molar-refractivity contribution in [3.8, 4) is 0 Å². The highest BCUT2D eigenvalue weighted by Gasteiger charge is 2.28. The molecule has 18 nitrogen and oxygen atoms in total. The summed E-state index contributed by atoms with van der Waals surface area (Å²) in [5, 5.41) is 6.22. The third kappa shape index (κ3) is 20.2. The summed E-state index contributed by atoms with van der Waals surface area (Å²) in [5.41, 5.74) is 4.77. The fraction of sp³-hybridized carbons (Fsp3) is 0.452. The predicted molar refractivity (Wildman–Crippen MR) is 322 cm³/mol. The number of methoxy groups -OCH3 is 2. The zero-order chi connectivity index (χ0) is 57.5. The lowest BCUT2D eigenvalue weighted by atomic mass is 10.2. The number of hydrogen-bond donors (Lipinski definition) is 2. The Morgan fingerprint density at radius 1 is 0.388 bits per heavy atom. The fourth-order valence-electron chi connectivity index (χ4n) is 8.79. The van der Waals surface area contributed by atoms with Crippen molar-refractivity contribution in [2.45, 2.75) is 79.4 Å². The number of urea groups is 4. The van der Waals surface area contributed by atoms with Gasteiger partial charge in [-0.25, -0.2) is 19.2 Å². The van der Waals surface area contributed by atoms with Gasteiger partial charge in [0.1, 0.15) is 0 Å². The van der Waals surface area contributed by atoms with Crippen LogP contribution in [0.5, 0.6) is 0 Å². The van der Waals surface area contributed by atoms with E-state index in [9.17, 15) is 19.2 Å². The van der Waals surface area contributed by atoms with Crippen LogP contribution in [0, 0.1) is 0 Å². The highest BCUT2D eigenvalue weighted by molar-refractivity contribution is 6.07. The quantitative estimate of drug-likeness (QED) is 0.0378. The first-order valence-corrected chi connectivity index (χ1v) is 28.1. The van der Waals surface area contributed by atoms with E-state index >= 15 is 0 Å². The van der Waals surface area contributed by atoms with Crippen LogP contribution in [0.15, 0.2) is 133 Å². The maximum atomic E-state index is 14.9. The molecule has 0 aromatic heterocycles. The Morgan fingerprint density at radius 3 is 1.05 bits per heavy atom. The second kappa shape index (κ2) is 35.5. The first kappa shape index (κ1) is 63.8. The lowest BCUT2D eigenvalue weighted by Crippen LogP contribution is -2.44. The summed E-state index contributed by atoms with van der Waals surface area (Å²) in [6, 6.07) is 39.7. The topological polar surface area (TPSA) is 167 Å². The van der Waals surface area contributed by atoms with Gasteiger partial charge in [-0.05, 0) is 118 Å². The van der Waals surface area contributed by atoms with Gasteiger partial charge < -0.3 is 39.1 Å². The van der Waals surface area contributed by atoms with E-state index in [1.807, 2.05) is 126 Å². The number of amides is 8. The number of benzene rings is 5. The van der Waals surface area contributed by atoms with E-state index in [0.717, 1.165) is 24.2 Å². The molecule has 2 N–H and O–H groups in total. The summed E-state index contributed by atoms with van der Waals surface area (Å²) in [6.07, 6.45) is 2.01. The number of carbonyl (C=O) groups excluding carboxylic acids is 4. The van der Waals surface area contributed by atoms with Crippen LogP contribution in [-0.2, 0) is 28.4 Å². The van der Waals surface area contributed by atoms with Crippen LogP contribution in [0.3, 0.4) is 0 Å². The van der Waals surface area contributed by atoms with E-state index in [0.29, 0.717) is 113 Å². The van der Waals surface area contributed by atoms with Gasteiger partial charge in [-0.15, -0.1) is 0 Å². The molecule has 0 saturated heterocycles. The molecule has 5 rings (SSSR count). The number of anilines is 8. The molecule has 0 aliphatic heterocycles. The normalized spacial score (nSPS) is 11.8. The standard InChI is InChI=1S/C62H86N8O10/c1-9-32-65(53-24-15-13-16-25-53)61(73)67(34-11-3)55-28-19-22-51(44-55)63-59(71)69(47-49(5)79-42-40-77-38-36-75-7)57-30-21-31-58(46-57)70(48-50(6)80-43-41-78-39-37-76-8)60(72)64-52-23-20-29-56(45-52)68(35-12-4)62(74)66(33-10-2)54-26-17-14-18-27-54/h13-31,44-46,49-50H,9-12,32-43,47-48H2,1-8H3,(H,63,71)(H,64,72)/t49-,50-/m0/s1. The monoisotopic (exact) mass is 1100 g/mol. The van der Waals surface area contributed by atoms with Crippen LogP contribution in [0.4, 0.5) is 64.7 Å². The van der Waals surface area contributed by atoms with Crippen molar-refractivity contribution in [3.05, 3.63) is 133 Å². The zero-order valence-electron chi connectivity index (χ0n) is 48.4. The van der Waals surface area contributed by atoms with Crippen LogP contribution in [0.1, 0.15) is 67.2 Å². The van der Waals surface area contributed by atoms with Gasteiger partial charge in [0.2, 0.25) is 0 Å². The Balaban J connectivity index is 1.48. The van der Waals surface area contributed by atoms with Gasteiger partial charge in [0.15, 0.2) is 0 Å². The van der Waals surface area contributed by atoms with Gasteiger partial charge in [-0.2, -0.15) is 0 Å². The van der Waals surface area contributed by atoms with E-state index in [1.54, 1.807) is 92.1 Å². The zero-order valence-corrected chi connectivity index (χ0v) is 48.4. The number of para-hydroxylation sites is 2. The van der Waals surface area contributed by atoms with E-state index < -0.39 is 24.3 Å². The molecule has 2 atom stereocenters. The Labute approximate surface area is 474 Å². The Kier molecular flexibility index (Phi) is 28.3. The number of ether oxygens (including phenoxy) is 6. The first-order valence-electron chi connectivity index (χ1n) is 28.1. The highest BCUT2D eigenvalue weighted by atomic mass is 16.5. The predicted octanol–water partition coefficient (Wildman–Crippen LogP) is 12.4. The number of nitrogens with one attached hydrogen (secondary N) is 2. The maximum Gasteiger partial charge on any atom is 0.328 e. The Hall–Kier alpha value is -7.06. The van der Waals surface area contributed by atoms with Crippen LogP contribution >= 0.6 is 0 Å². The van der Waals surface area contributed by atoms with Crippen LogP contribution in [-0.4, -0.2) is 143 Å². The average Bonchev–Trinajstić information content (AvgIpc) is 3.50. The molecule has 5 aromatic carbocycles. The fourth-order valence-corrected chi connectivity index (χ4v) is 8.79. The maximum absolute atomic E-state index is 14.9. The van der Waals surface area contributed by atoms with Gasteiger partial charge in [0.25, 0.3) is 0 Å². The van der Waals surface area contributed by atoms with Crippen molar-refractivity contribution < 1.29 is 47.6 Å². The van der Waals surface area contributed by atoms with Gasteiger partial charge in [0, 0.05) is 85.9 Å². The molecule has 8 amide bonds. The Morgan fingerprint density at radius 2 is 0.700 bits per heavy atom. The highest BCUT2D eigenvalue weighted by Crippen LogP contribution is 2.30. The van der Waals surface area contributed by atoms with Crippen molar-refractivity contribution in [1.29, 1.82) is 0 Å². The summed E-state index contributed by atoms with van der Waals surface area (Å²) in [7, 11) is 3.23. The van der Waals surface area contributed by atoms with E-state index in [-0.39, 0.29) is 38.4 Å². The lowest BCUT2D eigenvalue weighted by molar-refractivity contribution is 0.00235. The van der Waals surface area contributed by atoms with Crippen LogP contribution < -0.4 is 40.0 Å². The summed E-state index contributed by atoms with van der Waals surface area (Å²) < 4.78 is 33.9. The van der Waals surface area contributed by atoms with E-state index in [1.165, 1.54) is 0 Å². The molecule has 0 unspecified atom stereocenters. The molecular formula is C62H86N8O10. The van der Waals surface area contributed by atoms with Gasteiger partial charge >= 0.3 is 24.1 Å². The first-order chi connectivity index (χ1) is 39.0. The smallest absolute Gasteiger partial charge is 0.328 e. The number of nitrogens with zero attached hydrogens (tertiary/aromatic N) is 6. The third-order valence-corrected chi connectivity index (χ3v) is 12.6. The molecule has 0 aliphatic rings. The second-order valence-corrected chi connectivity index (χ2v) is 19.1. The molecule has 0 spiro atoms. The summed E-state index contributed by atoms with van der Waals surface area (Å²) in [6.45, 7) is 17.1. The van der Waals surface area contributed by atoms with Crippen molar-refractivity contribution >= 4 is 69.6 Å². The molecule has 0 saturated carbocycles. The van der Waals surface area contributed by atoms with Crippen molar-refractivity contribution in [1.82, 2.24) is 0 Å². The van der Waals surface area contributed by atoms with Crippen LogP contribution in [0.25, 0.3) is 0 Å². The average molecular weight is 1100 g/mol. The molecule has 0 radical (unpaired) electrons. The molecule has 0 fully saturated rings. The van der Waals surface area contributed by atoms with Gasteiger partial charge in [-0.1, -0.05) is 82.3 Å². The summed E-state index contributed by atoms with van der Waals surface area (Å²) in [4.78, 5) is 68.7. The minimum atomic E-state index is -0.467. The van der Waals surface area contributed by atoms with Gasteiger partial charge in [-0.3, -0.25) is 29.4 Å². The SMILES string of the molecule is CCCN(C(=O)N(CCC)c1cccc(NC(=O)N(C[C@H](C)OCCOCCOC)c2cccc(N(C[C@H](C)OCCOCCOC)C(=O)Nc3cccc(N(CCC)C(=O)N(CCC)c4ccccc4)c3)c2)c1)c1ccccc1. The molecular weight excluding hydrogens is 1020 g/mol. The van der Waals surface area contributed by atoms with E-state index in [4.69, 9.17) is 28.4 Å². The lowest BCUT2D eigenvalue weighted by Gasteiger charge is -2.31. The van der Waals surface area contributed by atoms with Crippen LogP contribution in [0.2, 0.25) is 0 Å². The van der Waals surface area contributed by atoms with Gasteiger partial charge in [0.05, 0.1) is 78.2 Å². The molecule has 80 heavy (non-hydrogen) atoms. The largest absolute Gasteiger partial charge is 0.382 e. The Bertz CT molecular complexity index is 2420. The number of carbonyl (C=O) groups is 4. The second-order valence-electron chi connectivity index (χ2n) is 19.1. The molecule has 434 valence electrons.